The Labute approximate surface area is 88.5 Å². The Kier molecular flexibility index (Phi) is 2.59. The lowest BCUT2D eigenvalue weighted by atomic mass is 10.1. The third-order valence-corrected chi connectivity index (χ3v) is 2.29. The van der Waals surface area contributed by atoms with Gasteiger partial charge in [-0.05, 0) is 18.2 Å². The van der Waals surface area contributed by atoms with E-state index in [1.807, 2.05) is 18.2 Å². The van der Waals surface area contributed by atoms with Gasteiger partial charge in [-0.3, -0.25) is 0 Å². The van der Waals surface area contributed by atoms with Crippen molar-refractivity contribution in [3.8, 4) is 11.5 Å². The Bertz CT molecular complexity index is 430. The van der Waals surface area contributed by atoms with E-state index in [0.29, 0.717) is 5.56 Å². The zero-order chi connectivity index (χ0) is 10.7. The van der Waals surface area contributed by atoms with Crippen LogP contribution < -0.4 is 0 Å². The lowest BCUT2D eigenvalue weighted by molar-refractivity contribution is 0.459. The fraction of sp³-hybridized carbons (Fsp3) is 0.0769. The van der Waals surface area contributed by atoms with E-state index in [-0.39, 0.29) is 17.4 Å². The van der Waals surface area contributed by atoms with Crippen molar-refractivity contribution in [3.63, 3.8) is 0 Å². The Hall–Kier alpha value is -1.96. The minimum Gasteiger partial charge on any atom is -0.508 e. The molecule has 0 spiro atoms. The highest BCUT2D eigenvalue weighted by molar-refractivity contribution is 5.59. The van der Waals surface area contributed by atoms with Crippen molar-refractivity contribution in [2.45, 2.75) is 0 Å². The molecule has 0 aromatic heterocycles. The molecule has 1 aromatic rings. The summed E-state index contributed by atoms with van der Waals surface area (Å²) in [5.41, 5.74) is 0.628. The molecule has 76 valence electrons. The molecule has 0 aliphatic heterocycles. The Balaban J connectivity index is 2.19. The van der Waals surface area contributed by atoms with Crippen LogP contribution in [0.25, 0.3) is 6.08 Å². The molecule has 2 nitrogen and oxygen atoms in total. The number of rotatable bonds is 2. The summed E-state index contributed by atoms with van der Waals surface area (Å²) in [6.45, 7) is 0. The standard InChI is InChI=1S/C13H12O2/c14-12-7-8-13(15)11(9-12)6-5-10-3-1-2-4-10/h1-10,14-15H/b6-5+. The molecule has 0 fully saturated rings. The van der Waals surface area contributed by atoms with Gasteiger partial charge in [0.2, 0.25) is 0 Å². The van der Waals surface area contributed by atoms with Crippen LogP contribution in [0.3, 0.4) is 0 Å². The van der Waals surface area contributed by atoms with Gasteiger partial charge in [0.1, 0.15) is 11.5 Å². The highest BCUT2D eigenvalue weighted by Gasteiger charge is 2.01. The summed E-state index contributed by atoms with van der Waals surface area (Å²) < 4.78 is 0. The van der Waals surface area contributed by atoms with Crippen molar-refractivity contribution in [3.05, 3.63) is 54.1 Å². The van der Waals surface area contributed by atoms with Crippen LogP contribution in [0.5, 0.6) is 11.5 Å². The molecule has 0 atom stereocenters. The lowest BCUT2D eigenvalue weighted by Crippen LogP contribution is -1.81. The van der Waals surface area contributed by atoms with E-state index in [0.717, 1.165) is 0 Å². The zero-order valence-corrected chi connectivity index (χ0v) is 8.17. The Morgan fingerprint density at radius 1 is 1.07 bits per heavy atom. The molecule has 0 radical (unpaired) electrons. The third kappa shape index (κ3) is 2.29. The fourth-order valence-corrected chi connectivity index (χ4v) is 1.47. The van der Waals surface area contributed by atoms with E-state index < -0.39 is 0 Å². The van der Waals surface area contributed by atoms with Crippen LogP contribution >= 0.6 is 0 Å². The molecule has 2 heteroatoms. The van der Waals surface area contributed by atoms with Gasteiger partial charge in [0.25, 0.3) is 0 Å². The molecule has 2 rings (SSSR count). The molecule has 0 unspecified atom stereocenters. The molecule has 0 amide bonds. The summed E-state index contributed by atoms with van der Waals surface area (Å²) in [5.74, 6) is 0.617. The van der Waals surface area contributed by atoms with Crippen LogP contribution in [-0.2, 0) is 0 Å². The summed E-state index contributed by atoms with van der Waals surface area (Å²) in [6, 6.07) is 4.48. The quantitative estimate of drug-likeness (QED) is 0.720. The second-order valence-corrected chi connectivity index (χ2v) is 3.45. The number of aromatic hydroxyl groups is 2. The largest absolute Gasteiger partial charge is 0.508 e. The number of phenolic OH excluding ortho intramolecular Hbond substituents is 2. The van der Waals surface area contributed by atoms with Crippen LogP contribution in [-0.4, -0.2) is 10.2 Å². The topological polar surface area (TPSA) is 40.5 Å². The molecule has 0 saturated carbocycles. The first-order chi connectivity index (χ1) is 7.25. The summed E-state index contributed by atoms with van der Waals surface area (Å²) >= 11 is 0. The lowest BCUT2D eigenvalue weighted by Gasteiger charge is -2.00. The smallest absolute Gasteiger partial charge is 0.123 e. The van der Waals surface area contributed by atoms with Crippen molar-refractivity contribution in [2.24, 2.45) is 5.92 Å². The second-order valence-electron chi connectivity index (χ2n) is 3.45. The molecule has 15 heavy (non-hydrogen) atoms. The number of hydrogen-bond acceptors (Lipinski definition) is 2. The average molecular weight is 200 g/mol. The van der Waals surface area contributed by atoms with Crippen molar-refractivity contribution in [1.29, 1.82) is 0 Å². The molecule has 0 saturated heterocycles. The third-order valence-electron chi connectivity index (χ3n) is 2.29. The maximum absolute atomic E-state index is 9.51. The average Bonchev–Trinajstić information content (AvgIpc) is 2.72. The molecular weight excluding hydrogens is 188 g/mol. The van der Waals surface area contributed by atoms with Crippen LogP contribution in [0.1, 0.15) is 5.56 Å². The first-order valence-electron chi connectivity index (χ1n) is 4.81. The monoisotopic (exact) mass is 200 g/mol. The van der Waals surface area contributed by atoms with Gasteiger partial charge >= 0.3 is 0 Å². The van der Waals surface area contributed by atoms with Crippen LogP contribution in [0.4, 0.5) is 0 Å². The maximum atomic E-state index is 9.51. The number of phenols is 2. The number of hydrogen-bond donors (Lipinski definition) is 2. The molecular formula is C13H12O2. The van der Waals surface area contributed by atoms with Gasteiger partial charge in [-0.15, -0.1) is 0 Å². The molecule has 1 aliphatic carbocycles. The first-order valence-corrected chi connectivity index (χ1v) is 4.81. The highest BCUT2D eigenvalue weighted by Crippen LogP contribution is 2.24. The SMILES string of the molecule is Oc1ccc(O)c(/C=C/C2C=CC=C2)c1. The Morgan fingerprint density at radius 2 is 1.80 bits per heavy atom. The zero-order valence-electron chi connectivity index (χ0n) is 8.17. The summed E-state index contributed by atoms with van der Waals surface area (Å²) in [4.78, 5) is 0. The van der Waals surface area contributed by atoms with Gasteiger partial charge in [-0.25, -0.2) is 0 Å². The van der Waals surface area contributed by atoms with E-state index in [4.69, 9.17) is 0 Å². The van der Waals surface area contributed by atoms with Crippen molar-refractivity contribution in [2.75, 3.05) is 0 Å². The minimum absolute atomic E-state index is 0.157. The second kappa shape index (κ2) is 4.05. The fourth-order valence-electron chi connectivity index (χ4n) is 1.47. The first kappa shape index (κ1) is 9.59. The van der Waals surface area contributed by atoms with Crippen LogP contribution in [0.2, 0.25) is 0 Å². The molecule has 2 N–H and O–H groups in total. The summed E-state index contributed by atoms with van der Waals surface area (Å²) in [5, 5.41) is 18.8. The van der Waals surface area contributed by atoms with Gasteiger partial charge in [0.15, 0.2) is 0 Å². The molecule has 0 bridgehead atoms. The van der Waals surface area contributed by atoms with Crippen molar-refractivity contribution < 1.29 is 10.2 Å². The van der Waals surface area contributed by atoms with Crippen LogP contribution in [0, 0.1) is 5.92 Å². The van der Waals surface area contributed by atoms with Crippen molar-refractivity contribution in [1.82, 2.24) is 0 Å². The normalized spacial score (nSPS) is 15.5. The molecule has 1 aromatic carbocycles. The number of allylic oxidation sites excluding steroid dienone is 5. The molecule has 1 aliphatic rings. The van der Waals surface area contributed by atoms with E-state index in [1.54, 1.807) is 6.08 Å². The minimum atomic E-state index is 0.157. The van der Waals surface area contributed by atoms with Gasteiger partial charge in [0.05, 0.1) is 0 Å². The van der Waals surface area contributed by atoms with E-state index in [9.17, 15) is 10.2 Å². The van der Waals surface area contributed by atoms with Crippen LogP contribution in [0.15, 0.2) is 48.6 Å². The van der Waals surface area contributed by atoms with E-state index in [1.165, 1.54) is 18.2 Å². The van der Waals surface area contributed by atoms with Gasteiger partial charge < -0.3 is 10.2 Å². The van der Waals surface area contributed by atoms with Gasteiger partial charge in [0, 0.05) is 11.5 Å². The number of benzene rings is 1. The van der Waals surface area contributed by atoms with Gasteiger partial charge in [-0.2, -0.15) is 0 Å². The predicted molar refractivity (Wildman–Crippen MR) is 60.6 cm³/mol. The maximum Gasteiger partial charge on any atom is 0.123 e. The predicted octanol–water partition coefficient (Wildman–Crippen LogP) is 2.85. The van der Waals surface area contributed by atoms with E-state index >= 15 is 0 Å². The van der Waals surface area contributed by atoms with Crippen molar-refractivity contribution >= 4 is 6.08 Å². The summed E-state index contributed by atoms with van der Waals surface area (Å²) in [7, 11) is 0. The summed E-state index contributed by atoms with van der Waals surface area (Å²) in [6.07, 6.45) is 11.8. The highest BCUT2D eigenvalue weighted by atomic mass is 16.3. The molecule has 0 heterocycles. The Morgan fingerprint density at radius 3 is 2.53 bits per heavy atom. The van der Waals surface area contributed by atoms with E-state index in [2.05, 4.69) is 12.2 Å². The van der Waals surface area contributed by atoms with Gasteiger partial charge in [-0.1, -0.05) is 36.5 Å².